The van der Waals surface area contributed by atoms with Gasteiger partial charge in [-0.15, -0.1) is 0 Å². The molecular formula is C19H27Br. The van der Waals surface area contributed by atoms with Crippen molar-refractivity contribution in [2.24, 2.45) is 46.8 Å². The molecular weight excluding hydrogens is 308 g/mol. The Morgan fingerprint density at radius 3 is 1.40 bits per heavy atom. The molecule has 2 unspecified atom stereocenters. The highest BCUT2D eigenvalue weighted by molar-refractivity contribution is 9.10. The van der Waals surface area contributed by atoms with E-state index in [1.54, 1.807) is 64.2 Å². The molecule has 1 spiro atoms. The van der Waals surface area contributed by atoms with Crippen molar-refractivity contribution in [1.82, 2.24) is 0 Å². The first kappa shape index (κ1) is 12.0. The quantitative estimate of drug-likeness (QED) is 0.520. The first-order chi connectivity index (χ1) is 9.67. The van der Waals surface area contributed by atoms with Crippen molar-refractivity contribution in [3.8, 4) is 0 Å². The van der Waals surface area contributed by atoms with Crippen LogP contribution < -0.4 is 0 Å². The lowest BCUT2D eigenvalue weighted by Crippen LogP contribution is -2.71. The summed E-state index contributed by atoms with van der Waals surface area (Å²) in [6.45, 7) is 0. The smallest absolute Gasteiger partial charge is 0.0327 e. The minimum atomic E-state index is 0.581. The molecule has 0 saturated heterocycles. The van der Waals surface area contributed by atoms with Crippen LogP contribution in [0.4, 0.5) is 0 Å². The van der Waals surface area contributed by atoms with E-state index in [2.05, 4.69) is 15.9 Å². The second kappa shape index (κ2) is 3.52. The van der Waals surface area contributed by atoms with E-state index in [-0.39, 0.29) is 0 Å². The van der Waals surface area contributed by atoms with Gasteiger partial charge in [-0.1, -0.05) is 15.9 Å². The summed E-state index contributed by atoms with van der Waals surface area (Å²) in [6, 6.07) is 0. The fraction of sp³-hybridized carbons (Fsp3) is 1.00. The van der Waals surface area contributed by atoms with Crippen LogP contribution in [0.3, 0.4) is 0 Å². The summed E-state index contributed by atoms with van der Waals surface area (Å²) in [5.74, 6) is 7.80. The van der Waals surface area contributed by atoms with Gasteiger partial charge in [-0.05, 0) is 111 Å². The van der Waals surface area contributed by atoms with E-state index in [1.165, 1.54) is 0 Å². The Kier molecular flexibility index (Phi) is 2.11. The van der Waals surface area contributed by atoms with Crippen molar-refractivity contribution in [1.29, 1.82) is 0 Å². The molecule has 8 rings (SSSR count). The number of hydrogen-bond donors (Lipinski definition) is 0. The van der Waals surface area contributed by atoms with Gasteiger partial charge in [0.1, 0.15) is 0 Å². The minimum Gasteiger partial charge on any atom is -0.0847 e. The molecule has 0 nitrogen and oxygen atoms in total. The van der Waals surface area contributed by atoms with Crippen molar-refractivity contribution in [3.63, 3.8) is 0 Å². The molecule has 0 aliphatic heterocycles. The van der Waals surface area contributed by atoms with Gasteiger partial charge in [0.25, 0.3) is 0 Å². The summed E-state index contributed by atoms with van der Waals surface area (Å²) in [7, 11) is 0. The van der Waals surface area contributed by atoms with Gasteiger partial charge in [0.15, 0.2) is 0 Å². The van der Waals surface area contributed by atoms with Crippen molar-refractivity contribution in [3.05, 3.63) is 0 Å². The second-order valence-electron chi connectivity index (χ2n) is 9.75. The zero-order chi connectivity index (χ0) is 13.1. The Hall–Kier alpha value is 0.480. The third-order valence-corrected chi connectivity index (χ3v) is 10.4. The van der Waals surface area contributed by atoms with Crippen LogP contribution in [0.15, 0.2) is 0 Å². The van der Waals surface area contributed by atoms with Gasteiger partial charge in [-0.25, -0.2) is 0 Å². The Bertz CT molecular complexity index is 411. The van der Waals surface area contributed by atoms with Crippen molar-refractivity contribution >= 4 is 15.9 Å². The van der Waals surface area contributed by atoms with E-state index in [0.717, 1.165) is 46.8 Å². The zero-order valence-corrected chi connectivity index (χ0v) is 14.1. The zero-order valence-electron chi connectivity index (χ0n) is 12.5. The maximum Gasteiger partial charge on any atom is 0.0327 e. The third-order valence-electron chi connectivity index (χ3n) is 9.07. The van der Waals surface area contributed by atoms with Gasteiger partial charge in [0, 0.05) is 4.32 Å². The van der Waals surface area contributed by atoms with Crippen LogP contribution in [0.25, 0.3) is 0 Å². The summed E-state index contributed by atoms with van der Waals surface area (Å²) in [4.78, 5) is 0. The molecule has 0 aromatic carbocycles. The first-order valence-electron chi connectivity index (χ1n) is 9.36. The van der Waals surface area contributed by atoms with Gasteiger partial charge >= 0.3 is 0 Å². The average molecular weight is 335 g/mol. The predicted octanol–water partition coefficient (Wildman–Crippen LogP) is 5.40. The molecule has 8 aliphatic carbocycles. The maximum atomic E-state index is 4.47. The van der Waals surface area contributed by atoms with Crippen molar-refractivity contribution in [2.75, 3.05) is 0 Å². The van der Waals surface area contributed by atoms with Gasteiger partial charge in [-0.3, -0.25) is 0 Å². The summed E-state index contributed by atoms with van der Waals surface area (Å²) < 4.78 is 0.581. The van der Waals surface area contributed by atoms with E-state index in [1.807, 2.05) is 0 Å². The van der Waals surface area contributed by atoms with Gasteiger partial charge in [0.05, 0.1) is 0 Å². The van der Waals surface area contributed by atoms with Crippen LogP contribution in [0, 0.1) is 46.8 Å². The Labute approximate surface area is 131 Å². The van der Waals surface area contributed by atoms with Gasteiger partial charge in [0.2, 0.25) is 0 Å². The van der Waals surface area contributed by atoms with Crippen LogP contribution in [0.1, 0.15) is 64.2 Å². The Balaban J connectivity index is 1.52. The van der Waals surface area contributed by atoms with E-state index in [0.29, 0.717) is 4.32 Å². The number of halogens is 1. The van der Waals surface area contributed by atoms with Crippen molar-refractivity contribution < 1.29 is 0 Å². The Morgan fingerprint density at radius 2 is 0.950 bits per heavy atom. The first-order valence-corrected chi connectivity index (χ1v) is 10.2. The molecule has 1 heteroatoms. The van der Waals surface area contributed by atoms with Gasteiger partial charge < -0.3 is 0 Å². The van der Waals surface area contributed by atoms with E-state index < -0.39 is 0 Å². The highest BCUT2D eigenvalue weighted by atomic mass is 79.9. The predicted molar refractivity (Wildman–Crippen MR) is 84.7 cm³/mol. The fourth-order valence-corrected chi connectivity index (χ4v) is 11.3. The van der Waals surface area contributed by atoms with E-state index in [4.69, 9.17) is 0 Å². The number of rotatable bonds is 0. The largest absolute Gasteiger partial charge is 0.0847 e. The molecule has 0 radical (unpaired) electrons. The highest BCUT2D eigenvalue weighted by Gasteiger charge is 2.72. The van der Waals surface area contributed by atoms with E-state index >= 15 is 0 Å². The molecule has 8 bridgehead atoms. The fourth-order valence-electron chi connectivity index (χ4n) is 9.37. The van der Waals surface area contributed by atoms with Gasteiger partial charge in [-0.2, -0.15) is 0 Å². The Morgan fingerprint density at radius 1 is 0.550 bits per heavy atom. The van der Waals surface area contributed by atoms with Crippen LogP contribution >= 0.6 is 15.9 Å². The highest BCUT2D eigenvalue weighted by Crippen LogP contribution is 2.78. The molecule has 20 heavy (non-hydrogen) atoms. The topological polar surface area (TPSA) is 0 Å². The standard InChI is InChI=1S/C19H27Br/c20-18-9-13-2-14(10-18)8-17(7-13)19(18)15-3-11-1-12(5-15)6-16(19)4-11/h11-17H,1-10H2. The lowest BCUT2D eigenvalue weighted by Gasteiger charge is -2.75. The number of hydrogen-bond acceptors (Lipinski definition) is 0. The summed E-state index contributed by atoms with van der Waals surface area (Å²) in [5, 5.41) is 0. The number of alkyl halides is 1. The molecule has 8 aliphatic rings. The van der Waals surface area contributed by atoms with Crippen LogP contribution in [0.2, 0.25) is 0 Å². The van der Waals surface area contributed by atoms with E-state index in [9.17, 15) is 0 Å². The molecule has 0 aromatic rings. The molecule has 110 valence electrons. The molecule has 8 saturated carbocycles. The molecule has 8 fully saturated rings. The summed E-state index contributed by atoms with van der Waals surface area (Å²) >= 11 is 4.47. The molecule has 0 aromatic heterocycles. The third kappa shape index (κ3) is 1.17. The SMILES string of the molecule is BrC12CC3CC(CC(C3)C13C1CC4CC(C1)CC3C4)C2. The minimum absolute atomic E-state index is 0.581. The summed E-state index contributed by atoms with van der Waals surface area (Å²) in [6.07, 6.45) is 16.0. The van der Waals surface area contributed by atoms with Crippen LogP contribution in [-0.4, -0.2) is 4.32 Å². The second-order valence-corrected chi connectivity index (χ2v) is 11.3. The maximum absolute atomic E-state index is 4.47. The monoisotopic (exact) mass is 334 g/mol. The lowest BCUT2D eigenvalue weighted by atomic mass is 9.32. The molecule has 0 amide bonds. The lowest BCUT2D eigenvalue weighted by molar-refractivity contribution is -0.219. The van der Waals surface area contributed by atoms with Crippen LogP contribution in [0.5, 0.6) is 0 Å². The van der Waals surface area contributed by atoms with Crippen LogP contribution in [-0.2, 0) is 0 Å². The molecule has 0 N–H and O–H groups in total. The molecule has 0 heterocycles. The summed E-state index contributed by atoms with van der Waals surface area (Å²) in [5.41, 5.74) is 0.758. The van der Waals surface area contributed by atoms with Crippen molar-refractivity contribution in [2.45, 2.75) is 68.5 Å². The normalized spacial score (nSPS) is 69.2. The molecule has 2 atom stereocenters. The average Bonchev–Trinajstić information content (AvgIpc) is 2.34.